The molecule has 4 rings (SSSR count). The van der Waals surface area contributed by atoms with Gasteiger partial charge in [0.05, 0.1) is 20.3 Å². The third-order valence-electron chi connectivity index (χ3n) is 5.78. The van der Waals surface area contributed by atoms with E-state index in [1.165, 1.54) is 0 Å². The summed E-state index contributed by atoms with van der Waals surface area (Å²) in [5.41, 5.74) is 2.54. The van der Waals surface area contributed by atoms with Gasteiger partial charge in [0.2, 0.25) is 0 Å². The van der Waals surface area contributed by atoms with E-state index in [0.29, 0.717) is 5.92 Å². The quantitative estimate of drug-likeness (QED) is 0.305. The van der Waals surface area contributed by atoms with Gasteiger partial charge in [-0.2, -0.15) is 0 Å². The van der Waals surface area contributed by atoms with Crippen LogP contribution in [0.25, 0.3) is 0 Å². The Morgan fingerprint density at radius 2 is 1.16 bits per heavy atom. The lowest BCUT2D eigenvalue weighted by atomic mass is 9.79. The van der Waals surface area contributed by atoms with Crippen LogP contribution in [-0.4, -0.2) is 31.8 Å². The van der Waals surface area contributed by atoms with Crippen LogP contribution in [0.2, 0.25) is 0 Å². The standard InChI is InChI=1S/C26H28O3S2/c1-19-17-30-31-18-25(19)29-26(20-7-5-4-6-8-20,21-9-13-23(27-2)14-10-21)22-11-15-24(28-3)16-12-22/h4-16,19,25H,17-18H2,1-3H3. The molecule has 1 aliphatic rings. The highest BCUT2D eigenvalue weighted by Crippen LogP contribution is 2.45. The molecule has 162 valence electrons. The van der Waals surface area contributed by atoms with E-state index in [-0.39, 0.29) is 6.10 Å². The molecule has 1 fully saturated rings. The fraction of sp³-hybridized carbons (Fsp3) is 0.308. The van der Waals surface area contributed by atoms with E-state index in [2.05, 4.69) is 55.5 Å². The van der Waals surface area contributed by atoms with Crippen molar-refractivity contribution in [1.29, 1.82) is 0 Å². The van der Waals surface area contributed by atoms with Crippen LogP contribution in [-0.2, 0) is 10.3 Å². The van der Waals surface area contributed by atoms with Crippen LogP contribution in [0.3, 0.4) is 0 Å². The molecule has 3 aromatic rings. The highest BCUT2D eigenvalue weighted by Gasteiger charge is 2.41. The minimum atomic E-state index is -0.735. The van der Waals surface area contributed by atoms with Gasteiger partial charge >= 0.3 is 0 Å². The number of hydrogen-bond donors (Lipinski definition) is 0. The lowest BCUT2D eigenvalue weighted by Crippen LogP contribution is -2.41. The fourth-order valence-electron chi connectivity index (χ4n) is 3.95. The summed E-state index contributed by atoms with van der Waals surface area (Å²) in [5.74, 6) is 4.18. The Balaban J connectivity index is 1.92. The van der Waals surface area contributed by atoms with Crippen LogP contribution in [0.5, 0.6) is 11.5 Å². The predicted molar refractivity (Wildman–Crippen MR) is 131 cm³/mol. The third-order valence-corrected chi connectivity index (χ3v) is 8.39. The van der Waals surface area contributed by atoms with E-state index >= 15 is 0 Å². The number of hydrogen-bond acceptors (Lipinski definition) is 5. The van der Waals surface area contributed by atoms with Crippen molar-refractivity contribution in [3.05, 3.63) is 95.6 Å². The Morgan fingerprint density at radius 3 is 1.65 bits per heavy atom. The summed E-state index contributed by atoms with van der Waals surface area (Å²) in [6, 6.07) is 27.0. The van der Waals surface area contributed by atoms with Crippen molar-refractivity contribution < 1.29 is 14.2 Å². The second kappa shape index (κ2) is 10.0. The number of rotatable bonds is 7. The van der Waals surface area contributed by atoms with Crippen LogP contribution in [0.1, 0.15) is 23.6 Å². The third kappa shape index (κ3) is 4.59. The largest absolute Gasteiger partial charge is 0.497 e. The molecule has 2 atom stereocenters. The fourth-order valence-corrected chi connectivity index (χ4v) is 6.72. The van der Waals surface area contributed by atoms with Gasteiger partial charge in [0, 0.05) is 11.5 Å². The molecule has 0 aliphatic carbocycles. The Kier molecular flexibility index (Phi) is 7.16. The van der Waals surface area contributed by atoms with Crippen molar-refractivity contribution in [2.45, 2.75) is 18.6 Å². The van der Waals surface area contributed by atoms with Gasteiger partial charge in [-0.05, 0) is 46.9 Å². The second-order valence-electron chi connectivity index (χ2n) is 7.71. The molecule has 1 heterocycles. The van der Waals surface area contributed by atoms with E-state index < -0.39 is 5.60 Å². The number of benzene rings is 3. The summed E-state index contributed by atoms with van der Waals surface area (Å²) in [7, 11) is 7.22. The zero-order valence-electron chi connectivity index (χ0n) is 18.1. The summed E-state index contributed by atoms with van der Waals surface area (Å²) < 4.78 is 18.0. The summed E-state index contributed by atoms with van der Waals surface area (Å²) >= 11 is 0. The Hall–Kier alpha value is -2.08. The van der Waals surface area contributed by atoms with Crippen molar-refractivity contribution in [2.24, 2.45) is 5.92 Å². The van der Waals surface area contributed by atoms with Gasteiger partial charge in [0.25, 0.3) is 0 Å². The number of methoxy groups -OCH3 is 2. The lowest BCUT2D eigenvalue weighted by Gasteiger charge is -2.41. The molecule has 5 heteroatoms. The first kappa shape index (κ1) is 22.1. The Labute approximate surface area is 192 Å². The van der Waals surface area contributed by atoms with Gasteiger partial charge in [0.1, 0.15) is 17.1 Å². The maximum atomic E-state index is 7.18. The first-order valence-electron chi connectivity index (χ1n) is 10.4. The van der Waals surface area contributed by atoms with Crippen LogP contribution in [0, 0.1) is 5.92 Å². The maximum Gasteiger partial charge on any atom is 0.144 e. The molecule has 0 amide bonds. The van der Waals surface area contributed by atoms with Gasteiger partial charge < -0.3 is 14.2 Å². The summed E-state index contributed by atoms with van der Waals surface area (Å²) in [6.07, 6.45) is 0.135. The van der Waals surface area contributed by atoms with Crippen LogP contribution < -0.4 is 9.47 Å². The molecule has 0 radical (unpaired) electrons. The zero-order valence-corrected chi connectivity index (χ0v) is 19.7. The van der Waals surface area contributed by atoms with Crippen molar-refractivity contribution in [1.82, 2.24) is 0 Å². The highest BCUT2D eigenvalue weighted by atomic mass is 33.1. The van der Waals surface area contributed by atoms with Crippen molar-refractivity contribution >= 4 is 21.6 Å². The average molecular weight is 453 g/mol. The van der Waals surface area contributed by atoms with Gasteiger partial charge in [-0.1, -0.05) is 83.1 Å². The SMILES string of the molecule is COc1ccc(C(OC2CSSCC2C)(c2ccccc2)c2ccc(OC)cc2)cc1. The van der Waals surface area contributed by atoms with Gasteiger partial charge in [-0.15, -0.1) is 0 Å². The van der Waals surface area contributed by atoms with Gasteiger partial charge in [-0.3, -0.25) is 0 Å². The zero-order chi connectivity index (χ0) is 21.7. The van der Waals surface area contributed by atoms with E-state index in [1.807, 2.05) is 51.9 Å². The molecule has 2 unspecified atom stereocenters. The van der Waals surface area contributed by atoms with E-state index in [1.54, 1.807) is 14.2 Å². The van der Waals surface area contributed by atoms with Gasteiger partial charge in [-0.25, -0.2) is 0 Å². The van der Waals surface area contributed by atoms with E-state index in [4.69, 9.17) is 14.2 Å². The smallest absolute Gasteiger partial charge is 0.144 e. The minimum absolute atomic E-state index is 0.135. The number of ether oxygens (including phenoxy) is 3. The molecule has 0 spiro atoms. The summed E-state index contributed by atoms with van der Waals surface area (Å²) in [5, 5.41) is 0. The Morgan fingerprint density at radius 1 is 0.677 bits per heavy atom. The van der Waals surface area contributed by atoms with E-state index in [0.717, 1.165) is 39.7 Å². The van der Waals surface area contributed by atoms with Crippen molar-refractivity contribution in [3.63, 3.8) is 0 Å². The van der Waals surface area contributed by atoms with Crippen LogP contribution in [0.15, 0.2) is 78.9 Å². The molecule has 0 aromatic heterocycles. The van der Waals surface area contributed by atoms with Crippen LogP contribution >= 0.6 is 21.6 Å². The molecule has 1 saturated heterocycles. The molecule has 0 N–H and O–H groups in total. The maximum absolute atomic E-state index is 7.18. The first-order valence-corrected chi connectivity index (χ1v) is 12.9. The second-order valence-corrected chi connectivity index (χ2v) is 10.3. The molecule has 3 nitrogen and oxygen atoms in total. The molecule has 31 heavy (non-hydrogen) atoms. The van der Waals surface area contributed by atoms with Crippen molar-refractivity contribution in [3.8, 4) is 11.5 Å². The topological polar surface area (TPSA) is 27.7 Å². The Bertz CT molecular complexity index is 911. The molecular formula is C26H28O3S2. The molecule has 0 bridgehead atoms. The summed E-state index contributed by atoms with van der Waals surface area (Å²) in [6.45, 7) is 2.29. The predicted octanol–water partition coefficient (Wildman–Crippen LogP) is 6.41. The summed E-state index contributed by atoms with van der Waals surface area (Å²) in [4.78, 5) is 0. The molecule has 0 saturated carbocycles. The molecule has 3 aromatic carbocycles. The van der Waals surface area contributed by atoms with E-state index in [9.17, 15) is 0 Å². The molecule has 1 aliphatic heterocycles. The normalized spacial score (nSPS) is 19.1. The van der Waals surface area contributed by atoms with Crippen LogP contribution in [0.4, 0.5) is 0 Å². The monoisotopic (exact) mass is 452 g/mol. The minimum Gasteiger partial charge on any atom is -0.497 e. The first-order chi connectivity index (χ1) is 15.2. The molecular weight excluding hydrogens is 424 g/mol. The van der Waals surface area contributed by atoms with Gasteiger partial charge in [0.15, 0.2) is 0 Å². The lowest BCUT2D eigenvalue weighted by molar-refractivity contribution is -0.0555. The van der Waals surface area contributed by atoms with Crippen molar-refractivity contribution in [2.75, 3.05) is 25.7 Å². The highest BCUT2D eigenvalue weighted by molar-refractivity contribution is 8.76. The average Bonchev–Trinajstić information content (AvgIpc) is 2.84.